The van der Waals surface area contributed by atoms with Crippen LogP contribution in [0, 0.1) is 5.92 Å². The number of anilines is 1. The fourth-order valence-electron chi connectivity index (χ4n) is 3.64. The molecule has 2 aromatic carbocycles. The Hall–Kier alpha value is -4.61. The van der Waals surface area contributed by atoms with Gasteiger partial charge in [0.15, 0.2) is 0 Å². The number of carboxylic acid groups (broad SMARTS) is 2. The van der Waals surface area contributed by atoms with Crippen molar-refractivity contribution in [3.63, 3.8) is 0 Å². The summed E-state index contributed by atoms with van der Waals surface area (Å²) in [7, 11) is 0. The number of carboxylic acids is 2. The number of benzene rings is 2. The van der Waals surface area contributed by atoms with Crippen LogP contribution in [-0.2, 0) is 20.6 Å². The second-order valence-electron chi connectivity index (χ2n) is 8.65. The smallest absolute Gasteiger partial charge is 0.475 e. The van der Waals surface area contributed by atoms with Crippen LogP contribution >= 0.6 is 0 Å². The number of hydrogen-bond acceptors (Lipinski definition) is 5. The molecule has 0 radical (unpaired) electrons. The lowest BCUT2D eigenvalue weighted by atomic mass is 9.87. The minimum absolute atomic E-state index is 0.214. The van der Waals surface area contributed by atoms with Gasteiger partial charge in [0.05, 0.1) is 17.7 Å². The average Bonchev–Trinajstić information content (AvgIpc) is 3.61. The molecule has 2 heterocycles. The van der Waals surface area contributed by atoms with Gasteiger partial charge in [0.25, 0.3) is 0 Å². The molecular weight excluding hydrogens is 607 g/mol. The Balaban J connectivity index is 0.000000384. The highest BCUT2D eigenvalue weighted by atomic mass is 19.4. The number of aliphatic carboxylic acids is 2. The molecule has 1 aliphatic rings. The number of carbonyl (C=O) groups excluding carboxylic acids is 1. The zero-order valence-electron chi connectivity index (χ0n) is 21.3. The first-order chi connectivity index (χ1) is 19.8. The molecule has 5 N–H and O–H groups in total. The van der Waals surface area contributed by atoms with Crippen molar-refractivity contribution >= 4 is 23.5 Å². The van der Waals surface area contributed by atoms with Gasteiger partial charge < -0.3 is 20.8 Å². The molecule has 2 atom stereocenters. The van der Waals surface area contributed by atoms with Crippen LogP contribution in [0.3, 0.4) is 0 Å². The van der Waals surface area contributed by atoms with E-state index in [1.54, 1.807) is 30.6 Å². The van der Waals surface area contributed by atoms with Crippen LogP contribution in [0.15, 0.2) is 60.9 Å². The summed E-state index contributed by atoms with van der Waals surface area (Å²) in [5, 5.41) is 26.9. The topological polar surface area (TPSA) is 144 Å². The molecule has 9 nitrogen and oxygen atoms in total. The lowest BCUT2D eigenvalue weighted by Gasteiger charge is -2.20. The first-order valence-electron chi connectivity index (χ1n) is 11.7. The maximum absolute atomic E-state index is 13.0. The van der Waals surface area contributed by atoms with E-state index in [0.29, 0.717) is 24.3 Å². The van der Waals surface area contributed by atoms with Crippen LogP contribution in [0.25, 0.3) is 11.1 Å². The highest BCUT2D eigenvalue weighted by molar-refractivity contribution is 5.94. The zero-order chi connectivity index (χ0) is 32.6. The Morgan fingerprint density at radius 2 is 1.37 bits per heavy atom. The second kappa shape index (κ2) is 14.0. The molecule has 0 aliphatic carbocycles. The number of carbonyl (C=O) groups is 3. The Morgan fingerprint density at radius 3 is 1.84 bits per heavy atom. The van der Waals surface area contributed by atoms with Gasteiger partial charge in [-0.15, -0.1) is 0 Å². The second-order valence-corrected chi connectivity index (χ2v) is 8.65. The molecule has 234 valence electrons. The van der Waals surface area contributed by atoms with Crippen LogP contribution in [0.2, 0.25) is 0 Å². The summed E-state index contributed by atoms with van der Waals surface area (Å²) in [6, 6.07) is 12.5. The summed E-state index contributed by atoms with van der Waals surface area (Å²) < 4.78 is 103. The van der Waals surface area contributed by atoms with E-state index in [-0.39, 0.29) is 11.8 Å². The largest absolute Gasteiger partial charge is 0.490 e. The van der Waals surface area contributed by atoms with Gasteiger partial charge in [0.2, 0.25) is 5.91 Å². The Labute approximate surface area is 235 Å². The maximum atomic E-state index is 13.0. The van der Waals surface area contributed by atoms with E-state index in [9.17, 15) is 44.3 Å². The van der Waals surface area contributed by atoms with E-state index in [4.69, 9.17) is 19.8 Å². The molecule has 0 spiro atoms. The number of halogens is 9. The number of hydrogen-bond donors (Lipinski definition) is 5. The van der Waals surface area contributed by atoms with Crippen LogP contribution in [0.5, 0.6) is 0 Å². The van der Waals surface area contributed by atoms with Gasteiger partial charge in [-0.1, -0.05) is 30.3 Å². The van der Waals surface area contributed by atoms with Gasteiger partial charge in [-0.2, -0.15) is 44.6 Å². The number of H-pyrrole nitrogens is 1. The number of nitrogens with one attached hydrogen (secondary N) is 3. The highest BCUT2D eigenvalue weighted by Crippen LogP contribution is 2.34. The maximum Gasteiger partial charge on any atom is 0.490 e. The minimum atomic E-state index is -5.08. The van der Waals surface area contributed by atoms with Crippen LogP contribution in [0.4, 0.5) is 45.2 Å². The van der Waals surface area contributed by atoms with E-state index in [2.05, 4.69) is 20.8 Å². The predicted octanol–water partition coefficient (Wildman–Crippen LogP) is 5.30. The number of amides is 1. The van der Waals surface area contributed by atoms with Gasteiger partial charge in [-0.05, 0) is 29.3 Å². The number of aromatic amines is 1. The number of alkyl halides is 9. The number of nitrogens with zero attached hydrogens (tertiary/aromatic N) is 1. The third-order valence-corrected chi connectivity index (χ3v) is 5.66. The standard InChI is InChI=1S/C21H19F3N4O.2C2HF3O2/c22-21(23,24)16-3-1-2-14(8-16)18-11-25-12-19(18)20(29)28-17-6-4-13(5-7-17)15-9-26-27-10-15;2*3-2(4,5)1(6)7/h1-10,18-19,25H,11-12H2,(H,26,27)(H,28,29);2*(H,6,7)/t18-,19?;;/m0../s1. The molecule has 0 bridgehead atoms. The van der Waals surface area contributed by atoms with E-state index in [1.807, 2.05) is 12.1 Å². The first-order valence-corrected chi connectivity index (χ1v) is 11.7. The molecule has 1 saturated heterocycles. The summed E-state index contributed by atoms with van der Waals surface area (Å²) in [6.07, 6.45) is -11.1. The quantitative estimate of drug-likeness (QED) is 0.247. The molecule has 18 heteroatoms. The van der Waals surface area contributed by atoms with Gasteiger partial charge in [-0.25, -0.2) is 9.59 Å². The summed E-state index contributed by atoms with van der Waals surface area (Å²) in [5.74, 6) is -6.50. The molecule has 1 fully saturated rings. The summed E-state index contributed by atoms with van der Waals surface area (Å²) >= 11 is 0. The average molecular weight is 628 g/mol. The molecule has 3 aromatic rings. The SMILES string of the molecule is O=C(Nc1ccc(-c2cn[nH]c2)cc1)C1CNC[C@H]1c1cccc(C(F)(F)F)c1.O=C(O)C(F)(F)F.O=C(O)C(F)(F)F. The van der Waals surface area contributed by atoms with Crippen molar-refractivity contribution in [2.24, 2.45) is 5.92 Å². The summed E-state index contributed by atoms with van der Waals surface area (Å²) in [6.45, 7) is 0.874. The Morgan fingerprint density at radius 1 is 0.814 bits per heavy atom. The summed E-state index contributed by atoms with van der Waals surface area (Å²) in [4.78, 5) is 30.6. The van der Waals surface area contributed by atoms with E-state index < -0.39 is 41.9 Å². The zero-order valence-corrected chi connectivity index (χ0v) is 21.3. The minimum Gasteiger partial charge on any atom is -0.475 e. The normalized spacial score (nSPS) is 16.7. The molecule has 1 unspecified atom stereocenters. The van der Waals surface area contributed by atoms with Crippen molar-refractivity contribution in [1.29, 1.82) is 0 Å². The molecular formula is C25H21F9N4O5. The number of aromatic nitrogens is 2. The number of rotatable bonds is 4. The molecule has 1 aliphatic heterocycles. The van der Waals surface area contributed by atoms with Crippen molar-refractivity contribution < 1.29 is 64.1 Å². The van der Waals surface area contributed by atoms with Crippen LogP contribution < -0.4 is 10.6 Å². The van der Waals surface area contributed by atoms with Gasteiger partial charge in [0, 0.05) is 36.5 Å². The van der Waals surface area contributed by atoms with Gasteiger partial charge in [0.1, 0.15) is 0 Å². The summed E-state index contributed by atoms with van der Waals surface area (Å²) in [5.41, 5.74) is 2.35. The molecule has 1 amide bonds. The lowest BCUT2D eigenvalue weighted by molar-refractivity contribution is -0.193. The van der Waals surface area contributed by atoms with Gasteiger partial charge >= 0.3 is 30.5 Å². The van der Waals surface area contributed by atoms with E-state index >= 15 is 0 Å². The predicted molar refractivity (Wildman–Crippen MR) is 131 cm³/mol. The van der Waals surface area contributed by atoms with Crippen molar-refractivity contribution in [3.05, 3.63) is 72.1 Å². The molecule has 43 heavy (non-hydrogen) atoms. The van der Waals surface area contributed by atoms with Gasteiger partial charge in [-0.3, -0.25) is 9.89 Å². The Bertz CT molecular complexity index is 1350. The lowest BCUT2D eigenvalue weighted by Crippen LogP contribution is -2.28. The monoisotopic (exact) mass is 628 g/mol. The molecule has 1 aromatic heterocycles. The van der Waals surface area contributed by atoms with E-state index in [1.165, 1.54) is 6.07 Å². The third kappa shape index (κ3) is 10.6. The van der Waals surface area contributed by atoms with Crippen molar-refractivity contribution in [2.45, 2.75) is 24.4 Å². The fourth-order valence-corrected chi connectivity index (χ4v) is 3.64. The van der Waals surface area contributed by atoms with E-state index in [0.717, 1.165) is 23.3 Å². The van der Waals surface area contributed by atoms with Crippen molar-refractivity contribution in [3.8, 4) is 11.1 Å². The molecule has 4 rings (SSSR count). The molecule has 0 saturated carbocycles. The Kier molecular flexibility index (Phi) is 11.3. The fraction of sp³-hybridized carbons (Fsp3) is 0.280. The highest BCUT2D eigenvalue weighted by Gasteiger charge is 2.39. The first kappa shape index (κ1) is 34.6. The van der Waals surface area contributed by atoms with Crippen LogP contribution in [0.1, 0.15) is 17.0 Å². The third-order valence-electron chi connectivity index (χ3n) is 5.66. The van der Waals surface area contributed by atoms with Crippen LogP contribution in [-0.4, -0.2) is 63.7 Å². The van der Waals surface area contributed by atoms with Crippen molar-refractivity contribution in [2.75, 3.05) is 18.4 Å². The van der Waals surface area contributed by atoms with Crippen molar-refractivity contribution in [1.82, 2.24) is 15.5 Å².